The molecule has 72 valence electrons. The Bertz CT molecular complexity index is 225. The second-order valence-corrected chi connectivity index (χ2v) is 6.59. The molecular weight excluding hydrogens is 170 g/mol. The lowest BCUT2D eigenvalue weighted by molar-refractivity contribution is 0.387. The molecule has 1 fully saturated rings. The van der Waals surface area contributed by atoms with Crippen molar-refractivity contribution in [1.82, 2.24) is 0 Å². The Morgan fingerprint density at radius 1 is 1.33 bits per heavy atom. The Morgan fingerprint density at radius 2 is 1.83 bits per heavy atom. The number of rotatable bonds is 2. The quantitative estimate of drug-likeness (QED) is 0.712. The van der Waals surface area contributed by atoms with Gasteiger partial charge in [-0.15, -0.1) is 0 Å². The minimum Gasteiger partial charge on any atom is -0.253 e. The van der Waals surface area contributed by atoms with Crippen molar-refractivity contribution in [3.63, 3.8) is 0 Å². The molecule has 3 heteroatoms. The largest absolute Gasteiger partial charge is 0.253 e. The van der Waals surface area contributed by atoms with Gasteiger partial charge in [-0.2, -0.15) is 0 Å². The third kappa shape index (κ3) is 2.22. The van der Waals surface area contributed by atoms with Crippen LogP contribution in [-0.4, -0.2) is 15.2 Å². The van der Waals surface area contributed by atoms with E-state index in [1.807, 2.05) is 6.92 Å². The van der Waals surface area contributed by atoms with Crippen LogP contribution in [0.1, 0.15) is 39.5 Å². The average Bonchev–Trinajstić information content (AvgIpc) is 2.05. The molecule has 1 unspecified atom stereocenters. The average molecular weight is 189 g/mol. The van der Waals surface area contributed by atoms with Crippen molar-refractivity contribution in [2.45, 2.75) is 44.8 Å². The molecule has 1 aliphatic rings. The first-order valence-electron chi connectivity index (χ1n) is 4.81. The summed E-state index contributed by atoms with van der Waals surface area (Å²) < 4.78 is 19.3. The normalized spacial score (nSPS) is 35.8. The topological polar surface area (TPSA) is 40.9 Å². The maximum absolute atomic E-state index is 11.7. The molecule has 0 radical (unpaired) electrons. The zero-order chi connectivity index (χ0) is 9.19. The van der Waals surface area contributed by atoms with Gasteiger partial charge in [-0.25, -0.2) is 4.21 Å². The van der Waals surface area contributed by atoms with Gasteiger partial charge in [0.05, 0.1) is 0 Å². The molecule has 1 N–H and O–H groups in total. The lowest BCUT2D eigenvalue weighted by Crippen LogP contribution is -2.26. The van der Waals surface area contributed by atoms with Gasteiger partial charge in [0.2, 0.25) is 0 Å². The Morgan fingerprint density at radius 3 is 2.25 bits per heavy atom. The summed E-state index contributed by atoms with van der Waals surface area (Å²) in [6.07, 6.45) is 4.36. The first kappa shape index (κ1) is 10.0. The van der Waals surface area contributed by atoms with Gasteiger partial charge in [0, 0.05) is 20.7 Å². The molecule has 0 aromatic heterocycles. The second-order valence-electron chi connectivity index (χ2n) is 3.90. The van der Waals surface area contributed by atoms with Crippen molar-refractivity contribution in [1.29, 1.82) is 4.78 Å². The van der Waals surface area contributed by atoms with Crippen molar-refractivity contribution < 1.29 is 4.21 Å². The molecule has 0 bridgehead atoms. The van der Waals surface area contributed by atoms with Gasteiger partial charge in [-0.1, -0.05) is 13.8 Å². The second kappa shape index (κ2) is 3.77. The van der Waals surface area contributed by atoms with Crippen molar-refractivity contribution in [2.75, 3.05) is 5.75 Å². The first-order chi connectivity index (χ1) is 5.56. The van der Waals surface area contributed by atoms with E-state index in [1.54, 1.807) is 0 Å². The van der Waals surface area contributed by atoms with Gasteiger partial charge in [0.15, 0.2) is 0 Å². The fourth-order valence-electron chi connectivity index (χ4n) is 1.85. The number of nitrogens with one attached hydrogen (secondary N) is 1. The monoisotopic (exact) mass is 189 g/mol. The molecule has 0 amide bonds. The fourth-order valence-corrected chi connectivity index (χ4v) is 3.35. The highest BCUT2D eigenvalue weighted by molar-refractivity contribution is 7.93. The molecule has 2 nitrogen and oxygen atoms in total. The SMILES string of the molecule is CCS(=N)(=O)C1CCC(C)CC1. The third-order valence-electron chi connectivity index (χ3n) is 2.93. The lowest BCUT2D eigenvalue weighted by Gasteiger charge is -2.27. The summed E-state index contributed by atoms with van der Waals surface area (Å²) in [5.41, 5.74) is 0. The van der Waals surface area contributed by atoms with E-state index < -0.39 is 9.73 Å². The van der Waals surface area contributed by atoms with E-state index in [4.69, 9.17) is 4.78 Å². The van der Waals surface area contributed by atoms with Crippen molar-refractivity contribution in [3.8, 4) is 0 Å². The highest BCUT2D eigenvalue weighted by Gasteiger charge is 2.25. The van der Waals surface area contributed by atoms with Crippen molar-refractivity contribution in [2.24, 2.45) is 5.92 Å². The van der Waals surface area contributed by atoms with E-state index in [-0.39, 0.29) is 5.25 Å². The van der Waals surface area contributed by atoms with E-state index in [9.17, 15) is 4.21 Å². The number of hydrogen-bond acceptors (Lipinski definition) is 2. The third-order valence-corrected chi connectivity index (χ3v) is 5.34. The zero-order valence-corrected chi connectivity index (χ0v) is 8.82. The van der Waals surface area contributed by atoms with Gasteiger partial charge in [0.1, 0.15) is 0 Å². The molecule has 1 aliphatic carbocycles. The van der Waals surface area contributed by atoms with Crippen LogP contribution in [-0.2, 0) is 9.73 Å². The van der Waals surface area contributed by atoms with Crippen LogP contribution in [0, 0.1) is 10.7 Å². The molecule has 0 aromatic rings. The minimum atomic E-state index is -2.24. The van der Waals surface area contributed by atoms with Gasteiger partial charge in [-0.3, -0.25) is 4.78 Å². The van der Waals surface area contributed by atoms with Crippen LogP contribution in [0.3, 0.4) is 0 Å². The summed E-state index contributed by atoms with van der Waals surface area (Å²) in [7, 11) is -2.24. The highest BCUT2D eigenvalue weighted by atomic mass is 32.2. The molecule has 0 saturated heterocycles. The van der Waals surface area contributed by atoms with Crippen LogP contribution in [0.4, 0.5) is 0 Å². The Labute approximate surface area is 75.7 Å². The van der Waals surface area contributed by atoms with Crippen LogP contribution >= 0.6 is 0 Å². The molecule has 1 saturated carbocycles. The highest BCUT2D eigenvalue weighted by Crippen LogP contribution is 2.28. The molecule has 0 aromatic carbocycles. The van der Waals surface area contributed by atoms with Crippen molar-refractivity contribution >= 4 is 9.73 Å². The fraction of sp³-hybridized carbons (Fsp3) is 1.00. The summed E-state index contributed by atoms with van der Waals surface area (Å²) in [6.45, 7) is 4.11. The summed E-state index contributed by atoms with van der Waals surface area (Å²) in [5.74, 6) is 1.32. The lowest BCUT2D eigenvalue weighted by atomic mass is 9.91. The van der Waals surface area contributed by atoms with Gasteiger partial charge in [0.25, 0.3) is 0 Å². The van der Waals surface area contributed by atoms with E-state index in [0.29, 0.717) is 5.75 Å². The van der Waals surface area contributed by atoms with E-state index >= 15 is 0 Å². The smallest absolute Gasteiger partial charge is 0.0467 e. The summed E-state index contributed by atoms with van der Waals surface area (Å²) in [6, 6.07) is 0. The summed E-state index contributed by atoms with van der Waals surface area (Å²) >= 11 is 0. The van der Waals surface area contributed by atoms with Crippen molar-refractivity contribution in [3.05, 3.63) is 0 Å². The predicted molar refractivity (Wildman–Crippen MR) is 52.8 cm³/mol. The standard InChI is InChI=1S/C9H19NOS/c1-3-12(10,11)9-6-4-8(2)5-7-9/h8-10H,3-7H2,1-2H3. The Hall–Kier alpha value is -0.0500. The van der Waals surface area contributed by atoms with Gasteiger partial charge in [-0.05, 0) is 31.6 Å². The van der Waals surface area contributed by atoms with Gasteiger partial charge < -0.3 is 0 Å². The molecule has 0 aliphatic heterocycles. The van der Waals surface area contributed by atoms with Crippen LogP contribution in [0.15, 0.2) is 0 Å². The van der Waals surface area contributed by atoms with Crippen LogP contribution < -0.4 is 0 Å². The van der Waals surface area contributed by atoms with Gasteiger partial charge >= 0.3 is 0 Å². The molecule has 1 rings (SSSR count). The van der Waals surface area contributed by atoms with Crippen LogP contribution in [0.25, 0.3) is 0 Å². The van der Waals surface area contributed by atoms with E-state index in [1.165, 1.54) is 12.8 Å². The maximum Gasteiger partial charge on any atom is 0.0467 e. The van der Waals surface area contributed by atoms with Crippen LogP contribution in [0.2, 0.25) is 0 Å². The first-order valence-corrected chi connectivity index (χ1v) is 6.60. The summed E-state index contributed by atoms with van der Waals surface area (Å²) in [5, 5.41) is 0.193. The molecular formula is C9H19NOS. The molecule has 0 spiro atoms. The molecule has 12 heavy (non-hydrogen) atoms. The van der Waals surface area contributed by atoms with Crippen LogP contribution in [0.5, 0.6) is 0 Å². The minimum absolute atomic E-state index is 0.193. The summed E-state index contributed by atoms with van der Waals surface area (Å²) in [4.78, 5) is 0. The Kier molecular flexibility index (Phi) is 3.16. The predicted octanol–water partition coefficient (Wildman–Crippen LogP) is 2.63. The van der Waals surface area contributed by atoms with E-state index in [2.05, 4.69) is 6.92 Å². The molecule has 0 heterocycles. The Balaban J connectivity index is 2.56. The zero-order valence-electron chi connectivity index (χ0n) is 8.01. The molecule has 1 atom stereocenters. The maximum atomic E-state index is 11.7. The number of hydrogen-bond donors (Lipinski definition) is 1. The van der Waals surface area contributed by atoms with E-state index in [0.717, 1.165) is 18.8 Å².